The van der Waals surface area contributed by atoms with Crippen LogP contribution >= 0.6 is 0 Å². The quantitative estimate of drug-likeness (QED) is 0.0732. The number of benzene rings is 1. The van der Waals surface area contributed by atoms with E-state index in [0.29, 0.717) is 92.3 Å². The number of rotatable bonds is 26. The molecule has 17 nitrogen and oxygen atoms in total. The predicted octanol–water partition coefficient (Wildman–Crippen LogP) is 0.542. The van der Waals surface area contributed by atoms with Crippen LogP contribution in [0.2, 0.25) is 0 Å². The summed E-state index contributed by atoms with van der Waals surface area (Å²) >= 11 is 0. The van der Waals surface area contributed by atoms with Crippen LogP contribution in [0.25, 0.3) is 0 Å². The predicted molar refractivity (Wildman–Crippen MR) is 150 cm³/mol. The summed E-state index contributed by atoms with van der Waals surface area (Å²) in [6, 6.07) is 3.41. The van der Waals surface area contributed by atoms with E-state index in [4.69, 9.17) is 37.9 Å². The summed E-state index contributed by atoms with van der Waals surface area (Å²) in [5.74, 6) is 0. The highest BCUT2D eigenvalue weighted by molar-refractivity contribution is 5.65. The van der Waals surface area contributed by atoms with Gasteiger partial charge in [0.05, 0.1) is 115 Å². The molecule has 2 rings (SSSR count). The Morgan fingerprint density at radius 2 is 1.23 bits per heavy atom. The molecule has 17 heteroatoms. The zero-order chi connectivity index (χ0) is 31.1. The molecule has 1 saturated heterocycles. The highest BCUT2D eigenvalue weighted by Crippen LogP contribution is 2.28. The molecule has 1 aliphatic heterocycles. The van der Waals surface area contributed by atoms with E-state index in [0.717, 1.165) is 6.07 Å². The van der Waals surface area contributed by atoms with Gasteiger partial charge in [-0.15, -0.1) is 0 Å². The van der Waals surface area contributed by atoms with Gasteiger partial charge < -0.3 is 53.4 Å². The molecule has 0 unspecified atom stereocenters. The number of hydrogen-bond donors (Lipinski definition) is 3. The van der Waals surface area contributed by atoms with Gasteiger partial charge in [0.25, 0.3) is 11.4 Å². The fourth-order valence-corrected chi connectivity index (χ4v) is 3.71. The van der Waals surface area contributed by atoms with Crippen LogP contribution in [-0.2, 0) is 37.9 Å². The number of hydrogen-bond acceptors (Lipinski definition) is 15. The standard InChI is InChI=1S/C26H43N3O14/c30-24-3-5-43-25(26(24)31)20-42-18-17-41-16-15-40-14-13-39-12-11-38-10-9-37-8-7-36-6-4-27-22-2-1-21(28(32)33)19-23(22)29(34)35/h1-2,19,24-27,30-31H,3-18,20H2/t24-,25-,26-/m1/s1. The van der Waals surface area contributed by atoms with E-state index in [1.807, 2.05) is 0 Å². The topological polar surface area (TPSA) is 213 Å². The van der Waals surface area contributed by atoms with Crippen molar-refractivity contribution < 1.29 is 58.0 Å². The lowest BCUT2D eigenvalue weighted by atomic mass is 10.0. The van der Waals surface area contributed by atoms with Gasteiger partial charge >= 0.3 is 0 Å². The second kappa shape index (κ2) is 22.9. The van der Waals surface area contributed by atoms with Crippen LogP contribution in [0.4, 0.5) is 17.1 Å². The van der Waals surface area contributed by atoms with E-state index >= 15 is 0 Å². The maximum absolute atomic E-state index is 11.1. The first kappa shape index (κ1) is 36.6. The van der Waals surface area contributed by atoms with Crippen molar-refractivity contribution in [2.75, 3.05) is 111 Å². The summed E-state index contributed by atoms with van der Waals surface area (Å²) in [6.45, 7) is 5.95. The van der Waals surface area contributed by atoms with Crippen LogP contribution in [-0.4, -0.2) is 144 Å². The molecule has 0 aliphatic carbocycles. The largest absolute Gasteiger partial charge is 0.390 e. The fourth-order valence-electron chi connectivity index (χ4n) is 3.71. The van der Waals surface area contributed by atoms with Gasteiger partial charge in [0.2, 0.25) is 0 Å². The zero-order valence-corrected chi connectivity index (χ0v) is 24.2. The monoisotopic (exact) mass is 621 g/mol. The lowest BCUT2D eigenvalue weighted by Gasteiger charge is -2.31. The highest BCUT2D eigenvalue weighted by Gasteiger charge is 2.31. The molecule has 1 heterocycles. The van der Waals surface area contributed by atoms with Crippen molar-refractivity contribution in [3.63, 3.8) is 0 Å². The summed E-state index contributed by atoms with van der Waals surface area (Å²) < 4.78 is 43.3. The third-order valence-corrected chi connectivity index (χ3v) is 5.99. The van der Waals surface area contributed by atoms with Crippen LogP contribution in [0.3, 0.4) is 0 Å². The van der Waals surface area contributed by atoms with E-state index in [9.17, 15) is 30.4 Å². The van der Waals surface area contributed by atoms with E-state index in [-0.39, 0.29) is 36.8 Å². The average molecular weight is 622 g/mol. The van der Waals surface area contributed by atoms with Crippen LogP contribution in [0.5, 0.6) is 0 Å². The first-order valence-electron chi connectivity index (χ1n) is 14.1. The van der Waals surface area contributed by atoms with Crippen molar-refractivity contribution in [3.05, 3.63) is 38.4 Å². The molecule has 0 aromatic heterocycles. The molecular weight excluding hydrogens is 578 g/mol. The molecule has 246 valence electrons. The Kier molecular flexibility index (Phi) is 19.5. The number of aliphatic hydroxyl groups is 2. The summed E-state index contributed by atoms with van der Waals surface area (Å²) in [4.78, 5) is 20.5. The van der Waals surface area contributed by atoms with Gasteiger partial charge in [0.1, 0.15) is 17.9 Å². The lowest BCUT2D eigenvalue weighted by molar-refractivity contribution is -0.393. The molecule has 0 amide bonds. The molecule has 0 radical (unpaired) electrons. The van der Waals surface area contributed by atoms with Gasteiger partial charge in [0, 0.05) is 19.2 Å². The van der Waals surface area contributed by atoms with Crippen LogP contribution in [0.1, 0.15) is 6.42 Å². The van der Waals surface area contributed by atoms with Crippen molar-refractivity contribution in [3.8, 4) is 0 Å². The fraction of sp³-hybridized carbons (Fsp3) is 0.769. The smallest absolute Gasteiger partial charge is 0.299 e. The summed E-state index contributed by atoms with van der Waals surface area (Å²) in [5, 5.41) is 44.2. The molecule has 0 spiro atoms. The molecule has 0 saturated carbocycles. The molecule has 3 N–H and O–H groups in total. The van der Waals surface area contributed by atoms with Crippen molar-refractivity contribution in [1.29, 1.82) is 0 Å². The Hall–Kier alpha value is -2.58. The number of non-ortho nitro benzene ring substituents is 1. The van der Waals surface area contributed by atoms with Gasteiger partial charge in [-0.3, -0.25) is 20.2 Å². The highest BCUT2D eigenvalue weighted by atomic mass is 16.6. The van der Waals surface area contributed by atoms with Gasteiger partial charge in [-0.2, -0.15) is 0 Å². The molecule has 1 aromatic carbocycles. The van der Waals surface area contributed by atoms with Crippen LogP contribution in [0.15, 0.2) is 18.2 Å². The number of ether oxygens (including phenoxy) is 8. The molecular formula is C26H43N3O14. The Morgan fingerprint density at radius 3 is 1.72 bits per heavy atom. The number of anilines is 1. The molecule has 1 fully saturated rings. The number of nitrogens with one attached hydrogen (secondary N) is 1. The summed E-state index contributed by atoms with van der Waals surface area (Å²) in [7, 11) is 0. The minimum absolute atomic E-state index is 0.181. The normalized spacial score (nSPS) is 18.5. The third-order valence-electron chi connectivity index (χ3n) is 5.99. The number of aliphatic hydroxyl groups excluding tert-OH is 2. The molecule has 0 bridgehead atoms. The minimum Gasteiger partial charge on any atom is -0.390 e. The Balaban J connectivity index is 1.27. The van der Waals surface area contributed by atoms with Gasteiger partial charge in [-0.25, -0.2) is 0 Å². The first-order valence-corrected chi connectivity index (χ1v) is 14.1. The molecule has 1 aliphatic rings. The van der Waals surface area contributed by atoms with E-state index in [1.165, 1.54) is 12.1 Å². The van der Waals surface area contributed by atoms with Gasteiger partial charge in [0.15, 0.2) is 0 Å². The van der Waals surface area contributed by atoms with Crippen LogP contribution < -0.4 is 5.32 Å². The van der Waals surface area contributed by atoms with Crippen molar-refractivity contribution in [2.45, 2.75) is 24.7 Å². The maximum atomic E-state index is 11.1. The average Bonchev–Trinajstić information content (AvgIpc) is 2.99. The number of nitro benzene ring substituents is 2. The summed E-state index contributed by atoms with van der Waals surface area (Å²) in [6.07, 6.45) is -1.80. The van der Waals surface area contributed by atoms with E-state index in [2.05, 4.69) is 5.32 Å². The second-order valence-electron chi connectivity index (χ2n) is 9.15. The number of nitrogens with zero attached hydrogens (tertiary/aromatic N) is 2. The number of nitro groups is 2. The molecule has 1 aromatic rings. The summed E-state index contributed by atoms with van der Waals surface area (Å²) in [5.41, 5.74) is -0.539. The van der Waals surface area contributed by atoms with Gasteiger partial charge in [-0.1, -0.05) is 0 Å². The zero-order valence-electron chi connectivity index (χ0n) is 24.2. The Bertz CT molecular complexity index is 912. The maximum Gasteiger partial charge on any atom is 0.299 e. The van der Waals surface area contributed by atoms with Crippen LogP contribution in [0, 0.1) is 20.2 Å². The van der Waals surface area contributed by atoms with Crippen molar-refractivity contribution in [1.82, 2.24) is 0 Å². The minimum atomic E-state index is -0.928. The Morgan fingerprint density at radius 1 is 0.744 bits per heavy atom. The van der Waals surface area contributed by atoms with E-state index in [1.54, 1.807) is 0 Å². The lowest BCUT2D eigenvalue weighted by Crippen LogP contribution is -2.46. The van der Waals surface area contributed by atoms with Crippen molar-refractivity contribution in [2.24, 2.45) is 0 Å². The first-order chi connectivity index (χ1) is 20.9. The SMILES string of the molecule is O=[N+]([O-])c1ccc(NCCOCCOCCOCCOCCOCCOCCOC[C@H]2OCC[C@@H](O)[C@H]2O)c([N+](=O)[O-])c1. The second-order valence-corrected chi connectivity index (χ2v) is 9.15. The molecule has 3 atom stereocenters. The Labute approximate surface area is 249 Å². The van der Waals surface area contributed by atoms with E-state index < -0.39 is 28.2 Å². The molecule has 43 heavy (non-hydrogen) atoms. The third kappa shape index (κ3) is 16.2. The van der Waals surface area contributed by atoms with Crippen molar-refractivity contribution >= 4 is 17.1 Å². The van der Waals surface area contributed by atoms with Gasteiger partial charge in [-0.05, 0) is 12.5 Å².